The fraction of sp³-hybridized carbons (Fsp3) is 0.650. The summed E-state index contributed by atoms with van der Waals surface area (Å²) in [6.45, 7) is 3.62. The topological polar surface area (TPSA) is 42.2 Å². The Morgan fingerprint density at radius 3 is 2.42 bits per heavy atom. The number of nitrogens with zero attached hydrogens (tertiary/aromatic N) is 1. The third kappa shape index (κ3) is 3.96. The van der Waals surface area contributed by atoms with Gasteiger partial charge in [0.05, 0.1) is 18.8 Å². The van der Waals surface area contributed by atoms with Crippen LogP contribution in [-0.4, -0.2) is 13.2 Å². The first-order valence-electron chi connectivity index (χ1n) is 9.14. The quantitative estimate of drug-likeness (QED) is 0.782. The van der Waals surface area contributed by atoms with Crippen molar-refractivity contribution in [2.24, 2.45) is 17.8 Å². The summed E-state index contributed by atoms with van der Waals surface area (Å²) in [5, 5.41) is 8.80. The molecule has 1 aromatic carbocycles. The van der Waals surface area contributed by atoms with Crippen molar-refractivity contribution in [2.75, 3.05) is 13.2 Å². The maximum atomic E-state index is 13.7. The highest BCUT2D eigenvalue weighted by molar-refractivity contribution is 5.33. The molecule has 1 saturated carbocycles. The van der Waals surface area contributed by atoms with Crippen LogP contribution in [0.1, 0.15) is 62.9 Å². The van der Waals surface area contributed by atoms with E-state index in [-0.39, 0.29) is 5.56 Å². The summed E-state index contributed by atoms with van der Waals surface area (Å²) in [6.07, 6.45) is 7.35. The van der Waals surface area contributed by atoms with E-state index >= 15 is 0 Å². The standard InChI is InChI=1S/C20H26FNO2/c1-2-3-14-4-6-15(7-5-14)18-12-23-20(24-13-18)16-8-9-17(11-22)19(21)10-16/h8-10,14-15,18,20H,2-7,12-13H2,1H3. The molecule has 0 bridgehead atoms. The molecule has 0 amide bonds. The van der Waals surface area contributed by atoms with Crippen molar-refractivity contribution in [3.8, 4) is 6.07 Å². The van der Waals surface area contributed by atoms with Crippen LogP contribution < -0.4 is 0 Å². The van der Waals surface area contributed by atoms with Gasteiger partial charge in [-0.3, -0.25) is 0 Å². The van der Waals surface area contributed by atoms with E-state index < -0.39 is 12.1 Å². The van der Waals surface area contributed by atoms with Crippen molar-refractivity contribution in [1.82, 2.24) is 0 Å². The molecule has 2 fully saturated rings. The second-order valence-corrected chi connectivity index (χ2v) is 7.18. The summed E-state index contributed by atoms with van der Waals surface area (Å²) in [6, 6.07) is 6.37. The highest BCUT2D eigenvalue weighted by Crippen LogP contribution is 2.38. The fourth-order valence-corrected chi connectivity index (χ4v) is 4.11. The lowest BCUT2D eigenvalue weighted by molar-refractivity contribution is -0.214. The maximum Gasteiger partial charge on any atom is 0.183 e. The third-order valence-corrected chi connectivity index (χ3v) is 5.56. The minimum atomic E-state index is -0.515. The largest absolute Gasteiger partial charge is 0.348 e. The molecule has 0 N–H and O–H groups in total. The lowest BCUT2D eigenvalue weighted by atomic mass is 9.75. The Bertz CT molecular complexity index is 582. The molecule has 0 spiro atoms. The van der Waals surface area contributed by atoms with Crippen LogP contribution in [0, 0.1) is 34.9 Å². The monoisotopic (exact) mass is 331 g/mol. The van der Waals surface area contributed by atoms with E-state index in [1.165, 1.54) is 50.7 Å². The Morgan fingerprint density at radius 1 is 1.12 bits per heavy atom. The molecule has 0 unspecified atom stereocenters. The van der Waals surface area contributed by atoms with E-state index in [2.05, 4.69) is 6.92 Å². The average molecular weight is 331 g/mol. The first kappa shape index (κ1) is 17.4. The summed E-state index contributed by atoms with van der Waals surface area (Å²) >= 11 is 0. The fourth-order valence-electron chi connectivity index (χ4n) is 4.11. The van der Waals surface area contributed by atoms with Crippen molar-refractivity contribution in [1.29, 1.82) is 5.26 Å². The van der Waals surface area contributed by atoms with Crippen LogP contribution in [0.4, 0.5) is 4.39 Å². The first-order chi connectivity index (χ1) is 11.7. The van der Waals surface area contributed by atoms with Crippen LogP contribution in [0.3, 0.4) is 0 Å². The Hall–Kier alpha value is -1.44. The Kier molecular flexibility index (Phi) is 5.86. The Labute approximate surface area is 143 Å². The van der Waals surface area contributed by atoms with Gasteiger partial charge in [-0.1, -0.05) is 38.7 Å². The molecular weight excluding hydrogens is 305 g/mol. The van der Waals surface area contributed by atoms with Gasteiger partial charge >= 0.3 is 0 Å². The second kappa shape index (κ2) is 8.09. The smallest absolute Gasteiger partial charge is 0.183 e. The van der Waals surface area contributed by atoms with Gasteiger partial charge in [0.25, 0.3) is 0 Å². The van der Waals surface area contributed by atoms with E-state index in [0.29, 0.717) is 30.6 Å². The van der Waals surface area contributed by atoms with Gasteiger partial charge in [0, 0.05) is 11.5 Å². The van der Waals surface area contributed by atoms with Crippen molar-refractivity contribution >= 4 is 0 Å². The van der Waals surface area contributed by atoms with Crippen molar-refractivity contribution in [3.05, 3.63) is 35.1 Å². The molecule has 1 aromatic rings. The molecule has 130 valence electrons. The predicted molar refractivity (Wildman–Crippen MR) is 89.6 cm³/mol. The Morgan fingerprint density at radius 2 is 1.83 bits per heavy atom. The average Bonchev–Trinajstić information content (AvgIpc) is 2.63. The summed E-state index contributed by atoms with van der Waals surface area (Å²) in [7, 11) is 0. The van der Waals surface area contributed by atoms with E-state index in [9.17, 15) is 4.39 Å². The van der Waals surface area contributed by atoms with Gasteiger partial charge in [-0.15, -0.1) is 0 Å². The zero-order valence-electron chi connectivity index (χ0n) is 14.3. The highest BCUT2D eigenvalue weighted by atomic mass is 19.1. The Balaban J connectivity index is 1.51. The van der Waals surface area contributed by atoms with Crippen LogP contribution in [0.25, 0.3) is 0 Å². The molecule has 4 heteroatoms. The molecule has 24 heavy (non-hydrogen) atoms. The van der Waals surface area contributed by atoms with E-state index in [1.54, 1.807) is 6.07 Å². The van der Waals surface area contributed by atoms with E-state index in [1.807, 2.05) is 6.07 Å². The minimum Gasteiger partial charge on any atom is -0.348 e. The van der Waals surface area contributed by atoms with Crippen molar-refractivity contribution in [2.45, 2.75) is 51.7 Å². The normalized spacial score (nSPS) is 30.7. The van der Waals surface area contributed by atoms with Crippen LogP contribution >= 0.6 is 0 Å². The number of rotatable bonds is 4. The van der Waals surface area contributed by atoms with Gasteiger partial charge in [-0.2, -0.15) is 5.26 Å². The van der Waals surface area contributed by atoms with Gasteiger partial charge in [0.2, 0.25) is 0 Å². The molecule has 3 nitrogen and oxygen atoms in total. The zero-order chi connectivity index (χ0) is 16.9. The number of benzene rings is 1. The summed E-state index contributed by atoms with van der Waals surface area (Å²) in [4.78, 5) is 0. The molecule has 2 aliphatic rings. The van der Waals surface area contributed by atoms with E-state index in [0.717, 1.165) is 5.92 Å². The third-order valence-electron chi connectivity index (χ3n) is 5.56. The molecule has 1 aliphatic carbocycles. The van der Waals surface area contributed by atoms with Crippen LogP contribution in [0.2, 0.25) is 0 Å². The molecule has 1 heterocycles. The minimum absolute atomic E-state index is 0.0521. The molecule has 3 rings (SSSR count). The lowest BCUT2D eigenvalue weighted by Gasteiger charge is -2.37. The number of hydrogen-bond acceptors (Lipinski definition) is 3. The number of hydrogen-bond donors (Lipinski definition) is 0. The summed E-state index contributed by atoms with van der Waals surface area (Å²) < 4.78 is 25.5. The number of ether oxygens (including phenoxy) is 2. The van der Waals surface area contributed by atoms with Gasteiger partial charge in [0.1, 0.15) is 11.9 Å². The number of nitriles is 1. The molecule has 0 aromatic heterocycles. The predicted octanol–water partition coefficient (Wildman–Crippen LogP) is 4.97. The lowest BCUT2D eigenvalue weighted by Crippen LogP contribution is -2.34. The van der Waals surface area contributed by atoms with Crippen LogP contribution in [-0.2, 0) is 9.47 Å². The number of halogens is 1. The summed E-state index contributed by atoms with van der Waals surface area (Å²) in [5.74, 6) is 1.54. The molecular formula is C20H26FNO2. The zero-order valence-corrected chi connectivity index (χ0v) is 14.3. The highest BCUT2D eigenvalue weighted by Gasteiger charge is 2.32. The second-order valence-electron chi connectivity index (χ2n) is 7.18. The first-order valence-corrected chi connectivity index (χ1v) is 9.14. The SMILES string of the molecule is CCCC1CCC(C2COC(c3ccc(C#N)c(F)c3)OC2)CC1. The van der Waals surface area contributed by atoms with Crippen molar-refractivity contribution < 1.29 is 13.9 Å². The van der Waals surface area contributed by atoms with Crippen LogP contribution in [0.15, 0.2) is 18.2 Å². The van der Waals surface area contributed by atoms with Crippen molar-refractivity contribution in [3.63, 3.8) is 0 Å². The summed E-state index contributed by atoms with van der Waals surface area (Å²) in [5.41, 5.74) is 0.702. The van der Waals surface area contributed by atoms with Gasteiger partial charge < -0.3 is 9.47 Å². The van der Waals surface area contributed by atoms with E-state index in [4.69, 9.17) is 14.7 Å². The maximum absolute atomic E-state index is 13.7. The molecule has 1 saturated heterocycles. The van der Waals surface area contributed by atoms with Gasteiger partial charge in [0.15, 0.2) is 6.29 Å². The molecule has 1 aliphatic heterocycles. The molecule has 0 radical (unpaired) electrons. The molecule has 0 atom stereocenters. The van der Waals surface area contributed by atoms with Gasteiger partial charge in [-0.25, -0.2) is 4.39 Å². The van der Waals surface area contributed by atoms with Gasteiger partial charge in [-0.05, 0) is 36.8 Å². The van der Waals surface area contributed by atoms with Crippen LogP contribution in [0.5, 0.6) is 0 Å².